The van der Waals surface area contributed by atoms with Crippen LogP contribution in [0.25, 0.3) is 0 Å². The van der Waals surface area contributed by atoms with Gasteiger partial charge in [0.25, 0.3) is 0 Å². The van der Waals surface area contributed by atoms with Crippen LogP contribution in [0, 0.1) is 11.8 Å². The van der Waals surface area contributed by atoms with Gasteiger partial charge in [-0.15, -0.1) is 0 Å². The molecule has 30 heavy (non-hydrogen) atoms. The van der Waals surface area contributed by atoms with Gasteiger partial charge in [0, 0.05) is 44.3 Å². The standard InChI is InChI=1S/C25H34N2O3/c1-18-4-3-5-19(2)16-24-22(11-6-18)23(25(29)30-24)17-26-12-14-27(15-13-26)20-7-9-21(28)10-8-20/h4,7-10,16,22-24,28H,3,5-6,11-15,17H2,1-2H3/b18-4?,19-16+/t22-,23-,24+/m0/s1. The number of carbonyl (C=O) groups excluding carboxylic acids is 1. The number of piperazine rings is 1. The number of esters is 1. The van der Waals surface area contributed by atoms with Gasteiger partial charge in [-0.05, 0) is 69.9 Å². The van der Waals surface area contributed by atoms with Gasteiger partial charge in [0.05, 0.1) is 5.92 Å². The van der Waals surface area contributed by atoms with Crippen LogP contribution in [0.4, 0.5) is 5.69 Å². The summed E-state index contributed by atoms with van der Waals surface area (Å²) in [4.78, 5) is 17.6. The highest BCUT2D eigenvalue weighted by molar-refractivity contribution is 5.76. The van der Waals surface area contributed by atoms with E-state index in [0.717, 1.165) is 64.1 Å². The van der Waals surface area contributed by atoms with Crippen molar-refractivity contribution in [3.05, 3.63) is 47.6 Å². The normalized spacial score (nSPS) is 30.1. The summed E-state index contributed by atoms with van der Waals surface area (Å²) in [5.74, 6) is 0.512. The minimum absolute atomic E-state index is 0.0177. The molecule has 0 radical (unpaired) electrons. The Bertz CT molecular complexity index is 806. The maximum Gasteiger partial charge on any atom is 0.311 e. The van der Waals surface area contributed by atoms with Gasteiger partial charge in [-0.3, -0.25) is 9.69 Å². The number of aromatic hydroxyl groups is 1. The van der Waals surface area contributed by atoms with E-state index < -0.39 is 0 Å². The van der Waals surface area contributed by atoms with E-state index in [0.29, 0.717) is 5.75 Å². The monoisotopic (exact) mass is 410 g/mol. The first-order valence-corrected chi connectivity index (χ1v) is 11.3. The highest BCUT2D eigenvalue weighted by atomic mass is 16.6. The van der Waals surface area contributed by atoms with Crippen molar-refractivity contribution in [2.75, 3.05) is 37.6 Å². The quantitative estimate of drug-likeness (QED) is 0.600. The molecule has 2 fully saturated rings. The van der Waals surface area contributed by atoms with Gasteiger partial charge in [-0.1, -0.05) is 17.2 Å². The fraction of sp³-hybridized carbons (Fsp3) is 0.560. The van der Waals surface area contributed by atoms with Crippen LogP contribution in [-0.2, 0) is 9.53 Å². The minimum Gasteiger partial charge on any atom is -0.508 e. The Hall–Kier alpha value is -2.27. The molecule has 0 bridgehead atoms. The number of hydrogen-bond acceptors (Lipinski definition) is 5. The molecule has 0 amide bonds. The summed E-state index contributed by atoms with van der Waals surface area (Å²) < 4.78 is 5.86. The van der Waals surface area contributed by atoms with Crippen molar-refractivity contribution < 1.29 is 14.6 Å². The zero-order valence-corrected chi connectivity index (χ0v) is 18.2. The van der Waals surface area contributed by atoms with Crippen molar-refractivity contribution in [2.45, 2.75) is 45.6 Å². The van der Waals surface area contributed by atoms with E-state index in [1.54, 1.807) is 12.1 Å². The number of phenols is 1. The van der Waals surface area contributed by atoms with Gasteiger partial charge in [0.15, 0.2) is 0 Å². The Kier molecular flexibility index (Phi) is 6.47. The molecule has 0 unspecified atom stereocenters. The predicted molar refractivity (Wildman–Crippen MR) is 120 cm³/mol. The summed E-state index contributed by atoms with van der Waals surface area (Å²) in [6.07, 6.45) is 8.69. The third kappa shape index (κ3) is 4.89. The lowest BCUT2D eigenvalue weighted by atomic mass is 9.83. The molecule has 1 aromatic carbocycles. The number of ether oxygens (including phenoxy) is 1. The van der Waals surface area contributed by atoms with Crippen LogP contribution in [0.5, 0.6) is 5.75 Å². The zero-order valence-electron chi connectivity index (χ0n) is 18.2. The number of anilines is 1. The first kappa shape index (κ1) is 21.0. The second kappa shape index (κ2) is 9.25. The summed E-state index contributed by atoms with van der Waals surface area (Å²) in [6.45, 7) is 8.91. The van der Waals surface area contributed by atoms with Crippen LogP contribution in [0.3, 0.4) is 0 Å². The minimum atomic E-state index is -0.0633. The number of nitrogens with zero attached hydrogens (tertiary/aromatic N) is 2. The molecule has 3 atom stereocenters. The molecule has 2 aliphatic heterocycles. The molecule has 1 aromatic rings. The van der Waals surface area contributed by atoms with Crippen molar-refractivity contribution in [3.63, 3.8) is 0 Å². The average Bonchev–Trinajstić information content (AvgIpc) is 3.01. The van der Waals surface area contributed by atoms with Crippen molar-refractivity contribution in [1.82, 2.24) is 4.90 Å². The highest BCUT2D eigenvalue weighted by Crippen LogP contribution is 2.36. The summed E-state index contributed by atoms with van der Waals surface area (Å²) in [5, 5.41) is 9.50. The second-order valence-electron chi connectivity index (χ2n) is 9.12. The van der Waals surface area contributed by atoms with Crippen LogP contribution in [-0.4, -0.2) is 54.8 Å². The number of benzene rings is 1. The zero-order chi connectivity index (χ0) is 21.1. The third-order valence-corrected chi connectivity index (χ3v) is 6.89. The molecule has 1 N–H and O–H groups in total. The molecule has 5 nitrogen and oxygen atoms in total. The van der Waals surface area contributed by atoms with E-state index in [2.05, 4.69) is 35.8 Å². The van der Waals surface area contributed by atoms with Crippen molar-refractivity contribution in [1.29, 1.82) is 0 Å². The molecule has 1 aliphatic carbocycles. The lowest BCUT2D eigenvalue weighted by molar-refractivity contribution is -0.143. The maximum absolute atomic E-state index is 12.8. The number of rotatable bonds is 3. The Morgan fingerprint density at radius 2 is 1.77 bits per heavy atom. The van der Waals surface area contributed by atoms with Gasteiger partial charge >= 0.3 is 5.97 Å². The van der Waals surface area contributed by atoms with Crippen LogP contribution in [0.15, 0.2) is 47.6 Å². The Balaban J connectivity index is 1.39. The number of allylic oxidation sites excluding steroid dienone is 3. The first-order valence-electron chi connectivity index (χ1n) is 11.3. The molecule has 3 aliphatic rings. The van der Waals surface area contributed by atoms with E-state index in [9.17, 15) is 9.90 Å². The van der Waals surface area contributed by atoms with Crippen molar-refractivity contribution in [2.24, 2.45) is 11.8 Å². The molecule has 2 saturated heterocycles. The summed E-state index contributed by atoms with van der Waals surface area (Å²) >= 11 is 0. The smallest absolute Gasteiger partial charge is 0.311 e. The Labute approximate surface area is 180 Å². The number of fused-ring (bicyclic) bond motifs is 1. The largest absolute Gasteiger partial charge is 0.508 e. The van der Waals surface area contributed by atoms with E-state index >= 15 is 0 Å². The van der Waals surface area contributed by atoms with Gasteiger partial charge in [-0.2, -0.15) is 0 Å². The van der Waals surface area contributed by atoms with E-state index in [1.807, 2.05) is 12.1 Å². The van der Waals surface area contributed by atoms with Crippen LogP contribution in [0.2, 0.25) is 0 Å². The Morgan fingerprint density at radius 3 is 2.50 bits per heavy atom. The molecule has 4 rings (SSSR count). The number of hydrogen-bond donors (Lipinski definition) is 1. The number of carbonyl (C=O) groups is 1. The average molecular weight is 411 g/mol. The van der Waals surface area contributed by atoms with Crippen molar-refractivity contribution in [3.8, 4) is 5.75 Å². The fourth-order valence-electron chi connectivity index (χ4n) is 4.98. The van der Waals surface area contributed by atoms with Gasteiger partial charge < -0.3 is 14.7 Å². The van der Waals surface area contributed by atoms with Crippen LogP contribution >= 0.6 is 0 Å². The Morgan fingerprint density at radius 1 is 1.03 bits per heavy atom. The van der Waals surface area contributed by atoms with Crippen molar-refractivity contribution >= 4 is 11.7 Å². The molecule has 0 saturated carbocycles. The molecular weight excluding hydrogens is 376 g/mol. The molecule has 0 spiro atoms. The molecule has 0 aromatic heterocycles. The van der Waals surface area contributed by atoms with Gasteiger partial charge in [-0.25, -0.2) is 0 Å². The summed E-state index contributed by atoms with van der Waals surface area (Å²) in [6, 6.07) is 7.41. The predicted octanol–water partition coefficient (Wildman–Crippen LogP) is 4.14. The summed E-state index contributed by atoms with van der Waals surface area (Å²) in [5.41, 5.74) is 3.90. The summed E-state index contributed by atoms with van der Waals surface area (Å²) in [7, 11) is 0. The molecule has 5 heteroatoms. The lowest BCUT2D eigenvalue weighted by Crippen LogP contribution is -2.48. The van der Waals surface area contributed by atoms with Gasteiger partial charge in [0.2, 0.25) is 0 Å². The molecule has 2 heterocycles. The molecular formula is C25H34N2O3. The van der Waals surface area contributed by atoms with Crippen LogP contribution in [0.1, 0.15) is 39.5 Å². The van der Waals surface area contributed by atoms with E-state index in [-0.39, 0.29) is 23.9 Å². The topological polar surface area (TPSA) is 53.0 Å². The first-order chi connectivity index (χ1) is 14.5. The second-order valence-corrected chi connectivity index (χ2v) is 9.12. The molecule has 162 valence electrons. The van der Waals surface area contributed by atoms with E-state index in [1.165, 1.54) is 11.1 Å². The number of phenolic OH excluding ortho intramolecular Hbond substituents is 1. The lowest BCUT2D eigenvalue weighted by Gasteiger charge is -2.37. The fourth-order valence-corrected chi connectivity index (χ4v) is 4.98. The third-order valence-electron chi connectivity index (χ3n) is 6.89. The maximum atomic E-state index is 12.8. The highest BCUT2D eigenvalue weighted by Gasteiger charge is 2.44. The SMILES string of the molecule is CC1=CCC/C(C)=C/[C@H]2OC(=O)[C@@H](CN3CCN(c4ccc(O)cc4)CC3)[C@@H]2CC1. The van der Waals surface area contributed by atoms with Crippen LogP contribution < -0.4 is 4.90 Å². The van der Waals surface area contributed by atoms with E-state index in [4.69, 9.17) is 4.74 Å². The van der Waals surface area contributed by atoms with Gasteiger partial charge in [0.1, 0.15) is 11.9 Å².